The lowest BCUT2D eigenvalue weighted by Gasteiger charge is -2.44. The zero-order valence-electron chi connectivity index (χ0n) is 13.9. The molecule has 2 rings (SSSR count). The molecule has 130 valence electrons. The minimum absolute atomic E-state index is 0.0994. The Morgan fingerprint density at radius 3 is 2.83 bits per heavy atom. The molecule has 0 aromatic carbocycles. The summed E-state index contributed by atoms with van der Waals surface area (Å²) in [6.45, 7) is 2.03. The van der Waals surface area contributed by atoms with Gasteiger partial charge in [0.25, 0.3) is 10.2 Å². The number of nitriles is 1. The third-order valence-corrected chi connectivity index (χ3v) is 6.84. The zero-order chi connectivity index (χ0) is 16.8. The van der Waals surface area contributed by atoms with E-state index < -0.39 is 10.2 Å². The number of piperidine rings is 1. The van der Waals surface area contributed by atoms with Crippen LogP contribution in [0.4, 0.5) is 0 Å². The SMILES string of the molecule is COCCN(CCC#N)S(=O)(=O)N1CCCC2(CC=CCC2)C1. The van der Waals surface area contributed by atoms with Crippen LogP contribution in [-0.2, 0) is 14.9 Å². The first-order valence-corrected chi connectivity index (χ1v) is 9.70. The molecule has 1 aliphatic heterocycles. The van der Waals surface area contributed by atoms with Gasteiger partial charge >= 0.3 is 0 Å². The van der Waals surface area contributed by atoms with Crippen molar-refractivity contribution in [2.24, 2.45) is 5.41 Å². The monoisotopic (exact) mass is 341 g/mol. The van der Waals surface area contributed by atoms with Crippen LogP contribution < -0.4 is 0 Å². The van der Waals surface area contributed by atoms with Gasteiger partial charge in [0.15, 0.2) is 0 Å². The Balaban J connectivity index is 2.11. The maximum Gasteiger partial charge on any atom is 0.282 e. The first kappa shape index (κ1) is 18.4. The lowest BCUT2D eigenvalue weighted by Crippen LogP contribution is -2.52. The molecule has 1 heterocycles. The summed E-state index contributed by atoms with van der Waals surface area (Å²) in [7, 11) is -1.98. The van der Waals surface area contributed by atoms with Crippen molar-refractivity contribution in [1.29, 1.82) is 5.26 Å². The molecule has 0 saturated carbocycles. The van der Waals surface area contributed by atoms with Crippen LogP contribution in [0.3, 0.4) is 0 Å². The Bertz CT molecular complexity index is 555. The topological polar surface area (TPSA) is 73.6 Å². The van der Waals surface area contributed by atoms with Gasteiger partial charge in [0.1, 0.15) is 0 Å². The quantitative estimate of drug-likeness (QED) is 0.663. The second kappa shape index (κ2) is 8.25. The van der Waals surface area contributed by atoms with Crippen molar-refractivity contribution in [3.8, 4) is 6.07 Å². The van der Waals surface area contributed by atoms with Crippen LogP contribution in [0.2, 0.25) is 0 Å². The summed E-state index contributed by atoms with van der Waals surface area (Å²) < 4.78 is 34.0. The summed E-state index contributed by atoms with van der Waals surface area (Å²) in [4.78, 5) is 0. The minimum atomic E-state index is -3.53. The van der Waals surface area contributed by atoms with Crippen LogP contribution in [0.5, 0.6) is 0 Å². The summed E-state index contributed by atoms with van der Waals surface area (Å²) in [5.74, 6) is 0. The lowest BCUT2D eigenvalue weighted by atomic mass is 9.72. The third-order valence-electron chi connectivity index (χ3n) is 4.86. The molecule has 0 aromatic rings. The smallest absolute Gasteiger partial charge is 0.282 e. The largest absolute Gasteiger partial charge is 0.383 e. The maximum absolute atomic E-state index is 13.0. The summed E-state index contributed by atoms with van der Waals surface area (Å²) in [5.41, 5.74) is 0.0994. The van der Waals surface area contributed by atoms with Gasteiger partial charge in [-0.15, -0.1) is 0 Å². The van der Waals surface area contributed by atoms with E-state index in [1.807, 2.05) is 6.07 Å². The van der Waals surface area contributed by atoms with Gasteiger partial charge in [-0.1, -0.05) is 12.2 Å². The molecule has 0 N–H and O–H groups in total. The molecule has 1 saturated heterocycles. The molecule has 0 aromatic heterocycles. The predicted molar refractivity (Wildman–Crippen MR) is 88.8 cm³/mol. The van der Waals surface area contributed by atoms with E-state index in [-0.39, 0.29) is 18.4 Å². The van der Waals surface area contributed by atoms with Crippen molar-refractivity contribution < 1.29 is 13.2 Å². The molecule has 6 nitrogen and oxygen atoms in total. The van der Waals surface area contributed by atoms with Crippen molar-refractivity contribution >= 4 is 10.2 Å². The average molecular weight is 341 g/mol. The average Bonchev–Trinajstić information content (AvgIpc) is 2.55. The fourth-order valence-electron chi connectivity index (χ4n) is 3.55. The van der Waals surface area contributed by atoms with Gasteiger partial charge in [-0.25, -0.2) is 0 Å². The Morgan fingerprint density at radius 1 is 1.35 bits per heavy atom. The predicted octanol–water partition coefficient (Wildman–Crippen LogP) is 1.92. The van der Waals surface area contributed by atoms with Crippen molar-refractivity contribution in [2.75, 3.05) is 39.9 Å². The molecule has 23 heavy (non-hydrogen) atoms. The Labute approximate surface area is 139 Å². The van der Waals surface area contributed by atoms with E-state index >= 15 is 0 Å². The van der Waals surface area contributed by atoms with E-state index in [0.29, 0.717) is 26.2 Å². The molecule has 1 fully saturated rings. The number of hydrogen-bond acceptors (Lipinski definition) is 4. The minimum Gasteiger partial charge on any atom is -0.383 e. The van der Waals surface area contributed by atoms with Crippen LogP contribution in [0.15, 0.2) is 12.2 Å². The second-order valence-corrected chi connectivity index (χ2v) is 8.39. The Morgan fingerprint density at radius 2 is 2.17 bits per heavy atom. The highest BCUT2D eigenvalue weighted by atomic mass is 32.2. The van der Waals surface area contributed by atoms with Gasteiger partial charge in [-0.3, -0.25) is 0 Å². The Hall–Kier alpha value is -0.940. The number of ether oxygens (including phenoxy) is 1. The van der Waals surface area contributed by atoms with E-state index in [2.05, 4.69) is 12.2 Å². The standard InChI is InChI=1S/C16H27N3O3S/c1-22-14-13-18(12-6-10-17)23(20,21)19-11-5-9-16(15-19)7-3-2-4-8-16/h2-3H,4-9,11-15H2,1H3. The van der Waals surface area contributed by atoms with Crippen LogP contribution in [0.25, 0.3) is 0 Å². The lowest BCUT2D eigenvalue weighted by molar-refractivity contribution is 0.123. The molecule has 1 spiro atoms. The number of methoxy groups -OCH3 is 1. The molecule has 1 aliphatic carbocycles. The number of nitrogens with zero attached hydrogens (tertiary/aromatic N) is 3. The fraction of sp³-hybridized carbons (Fsp3) is 0.812. The summed E-state index contributed by atoms with van der Waals surface area (Å²) in [6.07, 6.45) is 9.65. The van der Waals surface area contributed by atoms with Crippen LogP contribution in [-0.4, -0.2) is 56.9 Å². The van der Waals surface area contributed by atoms with Crippen molar-refractivity contribution in [3.63, 3.8) is 0 Å². The Kier molecular flexibility index (Phi) is 6.60. The van der Waals surface area contributed by atoms with Gasteiger partial charge < -0.3 is 4.74 Å². The first-order chi connectivity index (χ1) is 11.0. The van der Waals surface area contributed by atoms with Crippen LogP contribution >= 0.6 is 0 Å². The van der Waals surface area contributed by atoms with Crippen LogP contribution in [0.1, 0.15) is 38.5 Å². The maximum atomic E-state index is 13.0. The molecule has 0 radical (unpaired) electrons. The highest BCUT2D eigenvalue weighted by molar-refractivity contribution is 7.86. The van der Waals surface area contributed by atoms with Crippen molar-refractivity contribution in [3.05, 3.63) is 12.2 Å². The second-order valence-electron chi connectivity index (χ2n) is 6.46. The van der Waals surface area contributed by atoms with Gasteiger partial charge in [0.2, 0.25) is 0 Å². The molecular formula is C16H27N3O3S. The van der Waals surface area contributed by atoms with Crippen molar-refractivity contribution in [2.45, 2.75) is 38.5 Å². The molecule has 1 atom stereocenters. The van der Waals surface area contributed by atoms with Gasteiger partial charge in [-0.05, 0) is 37.5 Å². The van der Waals surface area contributed by atoms with E-state index in [9.17, 15) is 8.42 Å². The molecule has 2 aliphatic rings. The molecule has 0 bridgehead atoms. The van der Waals surface area contributed by atoms with E-state index in [1.165, 1.54) is 4.31 Å². The molecular weight excluding hydrogens is 314 g/mol. The highest BCUT2D eigenvalue weighted by Crippen LogP contribution is 2.41. The van der Waals surface area contributed by atoms with E-state index in [1.54, 1.807) is 11.4 Å². The molecule has 1 unspecified atom stereocenters. The molecule has 7 heteroatoms. The number of rotatable bonds is 7. The zero-order valence-corrected chi connectivity index (χ0v) is 14.7. The number of allylic oxidation sites excluding steroid dienone is 2. The normalized spacial score (nSPS) is 25.8. The number of hydrogen-bond donors (Lipinski definition) is 0. The van der Waals surface area contributed by atoms with E-state index in [0.717, 1.165) is 32.1 Å². The van der Waals surface area contributed by atoms with E-state index in [4.69, 9.17) is 10.00 Å². The van der Waals surface area contributed by atoms with Crippen molar-refractivity contribution in [1.82, 2.24) is 8.61 Å². The highest BCUT2D eigenvalue weighted by Gasteiger charge is 2.41. The summed E-state index contributed by atoms with van der Waals surface area (Å²) in [6, 6.07) is 2.03. The fourth-order valence-corrected chi connectivity index (χ4v) is 5.30. The third kappa shape index (κ3) is 4.54. The van der Waals surface area contributed by atoms with Gasteiger partial charge in [-0.2, -0.15) is 22.3 Å². The first-order valence-electron chi connectivity index (χ1n) is 8.30. The molecule has 0 amide bonds. The van der Waals surface area contributed by atoms with Crippen LogP contribution in [0, 0.1) is 16.7 Å². The van der Waals surface area contributed by atoms with Gasteiger partial charge in [0.05, 0.1) is 12.7 Å². The summed E-state index contributed by atoms with van der Waals surface area (Å²) in [5, 5.41) is 8.79. The van der Waals surface area contributed by atoms with Gasteiger partial charge in [0, 0.05) is 39.7 Å². The summed E-state index contributed by atoms with van der Waals surface area (Å²) >= 11 is 0.